The Labute approximate surface area is 113 Å². The van der Waals surface area contributed by atoms with E-state index in [1.54, 1.807) is 0 Å². The van der Waals surface area contributed by atoms with Crippen molar-refractivity contribution in [3.8, 4) is 0 Å². The molecule has 0 amide bonds. The van der Waals surface area contributed by atoms with Crippen molar-refractivity contribution in [2.24, 2.45) is 23.7 Å². The highest BCUT2D eigenvalue weighted by Gasteiger charge is 2.30. The van der Waals surface area contributed by atoms with Gasteiger partial charge in [0.25, 0.3) is 0 Å². The number of hydrogen-bond acceptors (Lipinski definition) is 1. The fourth-order valence-corrected chi connectivity index (χ4v) is 4.19. The lowest BCUT2D eigenvalue weighted by atomic mass is 9.69. The minimum Gasteiger partial charge on any atom is -0.303 e. The molecule has 0 saturated heterocycles. The molecular formula is C17H30O. The first kappa shape index (κ1) is 14.1. The summed E-state index contributed by atoms with van der Waals surface area (Å²) in [5, 5.41) is 0. The largest absolute Gasteiger partial charge is 0.303 e. The quantitative estimate of drug-likeness (QED) is 0.628. The molecule has 1 nitrogen and oxygen atoms in total. The molecule has 2 rings (SSSR count). The van der Waals surface area contributed by atoms with Crippen LogP contribution in [0.2, 0.25) is 0 Å². The highest BCUT2D eigenvalue weighted by Crippen LogP contribution is 2.41. The van der Waals surface area contributed by atoms with Crippen molar-refractivity contribution < 1.29 is 4.79 Å². The Balaban J connectivity index is 1.68. The summed E-state index contributed by atoms with van der Waals surface area (Å²) in [6, 6.07) is 0. The summed E-state index contributed by atoms with van der Waals surface area (Å²) in [6.45, 7) is 2.30. The van der Waals surface area contributed by atoms with Crippen LogP contribution >= 0.6 is 0 Å². The van der Waals surface area contributed by atoms with E-state index in [0.717, 1.165) is 17.8 Å². The first-order chi connectivity index (χ1) is 8.83. The number of carbonyl (C=O) groups excluding carboxylic acids is 1. The topological polar surface area (TPSA) is 17.1 Å². The molecule has 0 atom stereocenters. The molecule has 0 aliphatic heterocycles. The van der Waals surface area contributed by atoms with Gasteiger partial charge in [-0.2, -0.15) is 0 Å². The number of rotatable bonds is 5. The molecule has 2 fully saturated rings. The van der Waals surface area contributed by atoms with E-state index in [1.165, 1.54) is 76.9 Å². The summed E-state index contributed by atoms with van der Waals surface area (Å²) in [6.07, 6.45) is 16.4. The molecule has 2 aliphatic carbocycles. The lowest BCUT2D eigenvalue weighted by molar-refractivity contribution is -0.112. The van der Waals surface area contributed by atoms with E-state index >= 15 is 0 Å². The third-order valence-corrected chi connectivity index (χ3v) is 5.53. The highest BCUT2D eigenvalue weighted by atomic mass is 16.1. The second-order valence-corrected chi connectivity index (χ2v) is 6.73. The zero-order valence-corrected chi connectivity index (χ0v) is 12.1. The van der Waals surface area contributed by atoms with Crippen molar-refractivity contribution in [3.05, 3.63) is 0 Å². The second kappa shape index (κ2) is 7.31. The minimum atomic E-state index is 0.391. The van der Waals surface area contributed by atoms with E-state index in [-0.39, 0.29) is 0 Å². The van der Waals surface area contributed by atoms with Crippen LogP contribution < -0.4 is 0 Å². The monoisotopic (exact) mass is 250 g/mol. The number of unbranched alkanes of at least 4 members (excludes halogenated alkanes) is 1. The average molecular weight is 250 g/mol. The van der Waals surface area contributed by atoms with Gasteiger partial charge < -0.3 is 4.79 Å². The Bertz CT molecular complexity index is 232. The van der Waals surface area contributed by atoms with E-state index in [1.807, 2.05) is 0 Å². The summed E-state index contributed by atoms with van der Waals surface area (Å²) < 4.78 is 0. The van der Waals surface area contributed by atoms with Gasteiger partial charge in [-0.15, -0.1) is 0 Å². The summed E-state index contributed by atoms with van der Waals surface area (Å²) in [5.41, 5.74) is 0. The van der Waals surface area contributed by atoms with Gasteiger partial charge in [-0.25, -0.2) is 0 Å². The second-order valence-electron chi connectivity index (χ2n) is 6.73. The maximum Gasteiger partial charge on any atom is 0.123 e. The van der Waals surface area contributed by atoms with Crippen molar-refractivity contribution in [2.45, 2.75) is 77.6 Å². The fourth-order valence-electron chi connectivity index (χ4n) is 4.19. The third-order valence-electron chi connectivity index (χ3n) is 5.53. The Morgan fingerprint density at radius 1 is 0.889 bits per heavy atom. The molecule has 0 heterocycles. The van der Waals surface area contributed by atoms with Crippen LogP contribution in [0.1, 0.15) is 77.6 Å². The predicted octanol–water partition coefficient (Wildman–Crippen LogP) is 4.99. The standard InChI is InChI=1S/C17H30O/c1-2-3-4-14-5-9-16(10-6-14)17-11-7-15(13-18)8-12-17/h13-17H,2-12H2,1H3. The molecule has 0 unspecified atom stereocenters. The molecule has 2 saturated carbocycles. The lowest BCUT2D eigenvalue weighted by Gasteiger charge is -2.37. The first-order valence-electron chi connectivity index (χ1n) is 8.28. The zero-order chi connectivity index (χ0) is 12.8. The Hall–Kier alpha value is -0.330. The minimum absolute atomic E-state index is 0.391. The predicted molar refractivity (Wildman–Crippen MR) is 76.5 cm³/mol. The normalized spacial score (nSPS) is 37.4. The van der Waals surface area contributed by atoms with Crippen molar-refractivity contribution in [3.63, 3.8) is 0 Å². The summed E-state index contributed by atoms with van der Waals surface area (Å²) >= 11 is 0. The molecule has 0 aromatic rings. The summed E-state index contributed by atoms with van der Waals surface area (Å²) in [4.78, 5) is 10.8. The Morgan fingerprint density at radius 3 is 1.94 bits per heavy atom. The first-order valence-corrected chi connectivity index (χ1v) is 8.28. The third kappa shape index (κ3) is 3.83. The molecule has 0 spiro atoms. The van der Waals surface area contributed by atoms with Crippen molar-refractivity contribution in [1.82, 2.24) is 0 Å². The molecule has 0 bridgehead atoms. The van der Waals surface area contributed by atoms with Crippen LogP contribution in [0.4, 0.5) is 0 Å². The molecule has 104 valence electrons. The maximum atomic E-state index is 10.8. The van der Waals surface area contributed by atoms with E-state index in [2.05, 4.69) is 6.92 Å². The van der Waals surface area contributed by atoms with Gasteiger partial charge >= 0.3 is 0 Å². The molecular weight excluding hydrogens is 220 g/mol. The van der Waals surface area contributed by atoms with Gasteiger partial charge in [-0.1, -0.05) is 39.0 Å². The molecule has 1 heteroatoms. The van der Waals surface area contributed by atoms with Gasteiger partial charge in [-0.05, 0) is 56.3 Å². The fraction of sp³-hybridized carbons (Fsp3) is 0.941. The molecule has 18 heavy (non-hydrogen) atoms. The van der Waals surface area contributed by atoms with Gasteiger partial charge in [0.05, 0.1) is 0 Å². The van der Waals surface area contributed by atoms with E-state index in [4.69, 9.17) is 0 Å². The molecule has 0 aromatic carbocycles. The summed E-state index contributed by atoms with van der Waals surface area (Å²) in [7, 11) is 0. The van der Waals surface area contributed by atoms with Gasteiger partial charge in [0.15, 0.2) is 0 Å². The SMILES string of the molecule is CCCCC1CCC(C2CCC(C=O)CC2)CC1. The molecule has 0 radical (unpaired) electrons. The van der Waals surface area contributed by atoms with Crippen LogP contribution in [-0.4, -0.2) is 6.29 Å². The Kier molecular flexibility index (Phi) is 5.72. The van der Waals surface area contributed by atoms with E-state index in [9.17, 15) is 4.79 Å². The maximum absolute atomic E-state index is 10.8. The molecule has 2 aliphatic rings. The number of carbonyl (C=O) groups is 1. The number of aldehydes is 1. The van der Waals surface area contributed by atoms with Crippen molar-refractivity contribution in [1.29, 1.82) is 0 Å². The van der Waals surface area contributed by atoms with Crippen LogP contribution in [0.15, 0.2) is 0 Å². The van der Waals surface area contributed by atoms with Crippen LogP contribution in [0.5, 0.6) is 0 Å². The zero-order valence-electron chi connectivity index (χ0n) is 12.1. The van der Waals surface area contributed by atoms with Gasteiger partial charge in [0.1, 0.15) is 6.29 Å². The van der Waals surface area contributed by atoms with Gasteiger partial charge in [0, 0.05) is 5.92 Å². The Morgan fingerprint density at radius 2 is 1.44 bits per heavy atom. The van der Waals surface area contributed by atoms with Crippen LogP contribution in [0, 0.1) is 23.7 Å². The van der Waals surface area contributed by atoms with Gasteiger partial charge in [-0.3, -0.25) is 0 Å². The van der Waals surface area contributed by atoms with E-state index in [0.29, 0.717) is 5.92 Å². The van der Waals surface area contributed by atoms with E-state index < -0.39 is 0 Å². The van der Waals surface area contributed by atoms with Crippen molar-refractivity contribution >= 4 is 6.29 Å². The van der Waals surface area contributed by atoms with Crippen LogP contribution in [0.25, 0.3) is 0 Å². The van der Waals surface area contributed by atoms with Crippen LogP contribution in [0.3, 0.4) is 0 Å². The van der Waals surface area contributed by atoms with Crippen LogP contribution in [-0.2, 0) is 4.79 Å². The van der Waals surface area contributed by atoms with Crippen molar-refractivity contribution in [2.75, 3.05) is 0 Å². The molecule has 0 aromatic heterocycles. The average Bonchev–Trinajstić information content (AvgIpc) is 2.46. The number of hydrogen-bond donors (Lipinski definition) is 0. The van der Waals surface area contributed by atoms with Gasteiger partial charge in [0.2, 0.25) is 0 Å². The smallest absolute Gasteiger partial charge is 0.123 e. The molecule has 0 N–H and O–H groups in total. The lowest BCUT2D eigenvalue weighted by Crippen LogP contribution is -2.26. The summed E-state index contributed by atoms with van der Waals surface area (Å²) in [5.74, 6) is 3.37. The highest BCUT2D eigenvalue weighted by molar-refractivity contribution is 5.53.